The van der Waals surface area contributed by atoms with Gasteiger partial charge < -0.3 is 15.7 Å². The molecule has 1 rings (SSSR count). The fourth-order valence-electron chi connectivity index (χ4n) is 1.68. The number of nitrogens with two attached hydrogens (primary N) is 1. The van der Waals surface area contributed by atoms with E-state index in [0.717, 1.165) is 13.0 Å². The second kappa shape index (κ2) is 5.84. The van der Waals surface area contributed by atoms with Gasteiger partial charge in [0, 0.05) is 13.1 Å². The molecule has 92 valence electrons. The maximum atomic E-state index is 11.9. The quantitative estimate of drug-likeness (QED) is 0.662. The van der Waals surface area contributed by atoms with E-state index in [9.17, 15) is 9.59 Å². The molecule has 0 saturated heterocycles. The minimum Gasteiger partial charge on any atom is -0.481 e. The Morgan fingerprint density at radius 2 is 2.12 bits per heavy atom. The van der Waals surface area contributed by atoms with Crippen molar-refractivity contribution < 1.29 is 14.7 Å². The first-order valence-corrected chi connectivity index (χ1v) is 5.80. The molecule has 0 radical (unpaired) electrons. The molecule has 0 aromatic carbocycles. The van der Waals surface area contributed by atoms with Gasteiger partial charge in [0.05, 0.1) is 12.5 Å². The average Bonchev–Trinajstić information content (AvgIpc) is 2.99. The first-order chi connectivity index (χ1) is 7.54. The van der Waals surface area contributed by atoms with Crippen LogP contribution in [0.2, 0.25) is 0 Å². The molecule has 1 amide bonds. The number of carboxylic acid groups (broad SMARTS) is 1. The van der Waals surface area contributed by atoms with Crippen LogP contribution in [0.1, 0.15) is 32.6 Å². The summed E-state index contributed by atoms with van der Waals surface area (Å²) in [5, 5.41) is 8.59. The fourth-order valence-corrected chi connectivity index (χ4v) is 1.68. The summed E-state index contributed by atoms with van der Waals surface area (Å²) in [5.41, 5.74) is 5.57. The van der Waals surface area contributed by atoms with E-state index in [1.54, 1.807) is 4.90 Å². The third kappa shape index (κ3) is 4.18. The van der Waals surface area contributed by atoms with Crippen molar-refractivity contribution in [2.24, 2.45) is 11.7 Å². The third-order valence-corrected chi connectivity index (χ3v) is 2.69. The molecule has 1 fully saturated rings. The van der Waals surface area contributed by atoms with Gasteiger partial charge in [-0.1, -0.05) is 6.92 Å². The van der Waals surface area contributed by atoms with E-state index in [1.807, 2.05) is 6.92 Å². The van der Waals surface area contributed by atoms with Crippen LogP contribution in [-0.2, 0) is 9.59 Å². The van der Waals surface area contributed by atoms with Gasteiger partial charge in [-0.25, -0.2) is 0 Å². The van der Waals surface area contributed by atoms with Crippen molar-refractivity contribution in [2.75, 3.05) is 13.1 Å². The van der Waals surface area contributed by atoms with Crippen LogP contribution in [0.3, 0.4) is 0 Å². The summed E-state index contributed by atoms with van der Waals surface area (Å²) in [7, 11) is 0. The normalized spacial score (nSPS) is 16.9. The lowest BCUT2D eigenvalue weighted by molar-refractivity contribution is -0.142. The predicted octanol–water partition coefficient (Wildman–Crippen LogP) is 0.437. The number of nitrogens with zero attached hydrogens (tertiary/aromatic N) is 1. The number of hydrogen-bond donors (Lipinski definition) is 2. The Kier molecular flexibility index (Phi) is 4.73. The van der Waals surface area contributed by atoms with Crippen molar-refractivity contribution in [3.8, 4) is 0 Å². The van der Waals surface area contributed by atoms with Crippen LogP contribution in [0.5, 0.6) is 0 Å². The first-order valence-electron chi connectivity index (χ1n) is 5.80. The largest absolute Gasteiger partial charge is 0.481 e. The molecule has 3 N–H and O–H groups in total. The first kappa shape index (κ1) is 13.0. The van der Waals surface area contributed by atoms with Gasteiger partial charge in [0.2, 0.25) is 5.91 Å². The van der Waals surface area contributed by atoms with Gasteiger partial charge in [0.25, 0.3) is 0 Å². The minimum absolute atomic E-state index is 0.226. The van der Waals surface area contributed by atoms with Crippen LogP contribution in [-0.4, -0.2) is 41.0 Å². The van der Waals surface area contributed by atoms with Crippen molar-refractivity contribution in [1.29, 1.82) is 0 Å². The van der Waals surface area contributed by atoms with E-state index in [4.69, 9.17) is 10.8 Å². The van der Waals surface area contributed by atoms with Crippen LogP contribution in [0, 0.1) is 5.92 Å². The lowest BCUT2D eigenvalue weighted by Gasteiger charge is -2.24. The summed E-state index contributed by atoms with van der Waals surface area (Å²) in [6.45, 7) is 3.40. The number of hydrogen-bond acceptors (Lipinski definition) is 3. The Hall–Kier alpha value is -1.10. The Labute approximate surface area is 95.6 Å². The van der Waals surface area contributed by atoms with Gasteiger partial charge in [-0.15, -0.1) is 0 Å². The molecule has 1 unspecified atom stereocenters. The van der Waals surface area contributed by atoms with Gasteiger partial charge in [-0.2, -0.15) is 0 Å². The topological polar surface area (TPSA) is 83.6 Å². The van der Waals surface area contributed by atoms with Gasteiger partial charge in [-0.05, 0) is 25.2 Å². The third-order valence-electron chi connectivity index (χ3n) is 2.69. The standard InChI is InChI=1S/C11H20N2O3/c1-2-5-13(7-8-3-4-8)11(16)9(12)6-10(14)15/h8-9H,2-7,12H2,1H3,(H,14,15). The fraction of sp³-hybridized carbons (Fsp3) is 0.818. The molecule has 16 heavy (non-hydrogen) atoms. The molecular weight excluding hydrogens is 208 g/mol. The number of rotatable bonds is 7. The molecular formula is C11H20N2O3. The van der Waals surface area contributed by atoms with Crippen molar-refractivity contribution in [3.63, 3.8) is 0 Å². The van der Waals surface area contributed by atoms with E-state index in [-0.39, 0.29) is 12.3 Å². The lowest BCUT2D eigenvalue weighted by Crippen LogP contribution is -2.45. The van der Waals surface area contributed by atoms with E-state index in [1.165, 1.54) is 12.8 Å². The molecule has 1 aliphatic carbocycles. The second-order valence-electron chi connectivity index (χ2n) is 4.43. The monoisotopic (exact) mass is 228 g/mol. The van der Waals surface area contributed by atoms with Gasteiger partial charge in [0.15, 0.2) is 0 Å². The SMILES string of the molecule is CCCN(CC1CC1)C(=O)C(N)CC(=O)O. The van der Waals surface area contributed by atoms with E-state index < -0.39 is 12.0 Å². The number of carbonyl (C=O) groups excluding carboxylic acids is 1. The van der Waals surface area contributed by atoms with Crippen molar-refractivity contribution in [2.45, 2.75) is 38.6 Å². The Morgan fingerprint density at radius 3 is 2.56 bits per heavy atom. The Balaban J connectivity index is 2.46. The highest BCUT2D eigenvalue weighted by Crippen LogP contribution is 2.29. The van der Waals surface area contributed by atoms with Gasteiger partial charge in [-0.3, -0.25) is 9.59 Å². The lowest BCUT2D eigenvalue weighted by atomic mass is 10.2. The zero-order valence-electron chi connectivity index (χ0n) is 9.69. The number of amides is 1. The van der Waals surface area contributed by atoms with E-state index >= 15 is 0 Å². The Bertz CT molecular complexity index is 264. The zero-order valence-corrected chi connectivity index (χ0v) is 9.69. The maximum Gasteiger partial charge on any atom is 0.305 e. The molecule has 1 atom stereocenters. The highest BCUT2D eigenvalue weighted by molar-refractivity contribution is 5.86. The summed E-state index contributed by atoms with van der Waals surface area (Å²) in [5.74, 6) is -0.646. The highest BCUT2D eigenvalue weighted by atomic mass is 16.4. The molecule has 0 spiro atoms. The molecule has 0 heterocycles. The van der Waals surface area contributed by atoms with Crippen LogP contribution < -0.4 is 5.73 Å². The number of carbonyl (C=O) groups is 2. The molecule has 0 aromatic heterocycles. The summed E-state index contributed by atoms with van der Waals surface area (Å²) in [6, 6.07) is -0.900. The minimum atomic E-state index is -1.02. The maximum absolute atomic E-state index is 11.9. The summed E-state index contributed by atoms with van der Waals surface area (Å²) < 4.78 is 0. The second-order valence-corrected chi connectivity index (χ2v) is 4.43. The zero-order chi connectivity index (χ0) is 12.1. The average molecular weight is 228 g/mol. The molecule has 1 aliphatic rings. The number of aliphatic carboxylic acids is 1. The Morgan fingerprint density at radius 1 is 1.50 bits per heavy atom. The van der Waals surface area contributed by atoms with Crippen molar-refractivity contribution in [1.82, 2.24) is 4.90 Å². The van der Waals surface area contributed by atoms with Crippen molar-refractivity contribution in [3.05, 3.63) is 0 Å². The molecule has 0 aromatic rings. The van der Waals surface area contributed by atoms with Crippen molar-refractivity contribution >= 4 is 11.9 Å². The van der Waals surface area contributed by atoms with Crippen LogP contribution in [0.4, 0.5) is 0 Å². The predicted molar refractivity (Wildman–Crippen MR) is 59.8 cm³/mol. The van der Waals surface area contributed by atoms with Gasteiger partial charge >= 0.3 is 5.97 Å². The molecule has 5 heteroatoms. The van der Waals surface area contributed by atoms with Crippen LogP contribution >= 0.6 is 0 Å². The van der Waals surface area contributed by atoms with Gasteiger partial charge in [0.1, 0.15) is 0 Å². The molecule has 5 nitrogen and oxygen atoms in total. The smallest absolute Gasteiger partial charge is 0.305 e. The molecule has 0 aliphatic heterocycles. The van der Waals surface area contributed by atoms with Crippen LogP contribution in [0.15, 0.2) is 0 Å². The summed E-state index contributed by atoms with van der Waals surface area (Å²) >= 11 is 0. The van der Waals surface area contributed by atoms with E-state index in [0.29, 0.717) is 12.5 Å². The highest BCUT2D eigenvalue weighted by Gasteiger charge is 2.29. The van der Waals surface area contributed by atoms with E-state index in [2.05, 4.69) is 0 Å². The molecule has 0 bridgehead atoms. The van der Waals surface area contributed by atoms with Crippen LogP contribution in [0.25, 0.3) is 0 Å². The summed E-state index contributed by atoms with van der Waals surface area (Å²) in [4.78, 5) is 24.1. The molecule has 1 saturated carbocycles. The number of carboxylic acids is 1. The summed E-state index contributed by atoms with van der Waals surface area (Å²) in [6.07, 6.45) is 2.92.